The molecule has 0 aliphatic carbocycles. The molecule has 2 rings (SSSR count). The van der Waals surface area contributed by atoms with Crippen LogP contribution in [0.1, 0.15) is 24.3 Å². The molecule has 0 amide bonds. The topological polar surface area (TPSA) is 17.1 Å². The van der Waals surface area contributed by atoms with Crippen molar-refractivity contribution in [2.75, 3.05) is 11.5 Å². The van der Waals surface area contributed by atoms with Gasteiger partial charge in [-0.1, -0.05) is 28.1 Å². The van der Waals surface area contributed by atoms with E-state index in [1.807, 2.05) is 23.9 Å². The van der Waals surface area contributed by atoms with Gasteiger partial charge in [-0.2, -0.15) is 11.8 Å². The van der Waals surface area contributed by atoms with Crippen molar-refractivity contribution < 1.29 is 4.79 Å². The van der Waals surface area contributed by atoms with E-state index < -0.39 is 0 Å². The Morgan fingerprint density at radius 3 is 2.69 bits per heavy atom. The Kier molecular flexibility index (Phi) is 4.47. The summed E-state index contributed by atoms with van der Waals surface area (Å²) in [7, 11) is 0. The molecule has 1 aromatic rings. The Labute approximate surface area is 109 Å². The third-order valence-electron chi connectivity index (χ3n) is 3.10. The maximum atomic E-state index is 11.3. The molecule has 0 bridgehead atoms. The molecule has 1 saturated heterocycles. The second-order valence-corrected chi connectivity index (χ2v) is 6.26. The van der Waals surface area contributed by atoms with Crippen LogP contribution >= 0.6 is 27.7 Å². The molecular formula is C13H15BrOS. The molecule has 0 spiro atoms. The predicted molar refractivity (Wildman–Crippen MR) is 73.0 cm³/mol. The van der Waals surface area contributed by atoms with Gasteiger partial charge in [-0.3, -0.25) is 0 Å². The van der Waals surface area contributed by atoms with Gasteiger partial charge in [0.1, 0.15) is 6.29 Å². The van der Waals surface area contributed by atoms with Crippen molar-refractivity contribution in [3.05, 3.63) is 34.3 Å². The van der Waals surface area contributed by atoms with Crippen LogP contribution in [0.4, 0.5) is 0 Å². The lowest BCUT2D eigenvalue weighted by Crippen LogP contribution is -2.20. The zero-order chi connectivity index (χ0) is 11.4. The molecule has 0 saturated carbocycles. The van der Waals surface area contributed by atoms with Crippen molar-refractivity contribution in [3.8, 4) is 0 Å². The molecule has 0 radical (unpaired) electrons. The van der Waals surface area contributed by atoms with Gasteiger partial charge >= 0.3 is 0 Å². The number of carbonyl (C=O) groups is 1. The standard InChI is InChI=1S/C13H15BrOS/c14-12-5-3-10(4-6-12)13(8-15)11-2-1-7-16-9-11/h3-6,8,11,13H,1-2,7,9H2. The molecule has 16 heavy (non-hydrogen) atoms. The van der Waals surface area contributed by atoms with Crippen molar-refractivity contribution >= 4 is 34.0 Å². The Balaban J connectivity index is 2.14. The highest BCUT2D eigenvalue weighted by molar-refractivity contribution is 9.10. The highest BCUT2D eigenvalue weighted by Crippen LogP contribution is 2.33. The first-order chi connectivity index (χ1) is 7.81. The summed E-state index contributed by atoms with van der Waals surface area (Å²) in [5.41, 5.74) is 1.16. The third-order valence-corrected chi connectivity index (χ3v) is 4.87. The van der Waals surface area contributed by atoms with E-state index in [0.29, 0.717) is 5.92 Å². The lowest BCUT2D eigenvalue weighted by atomic mass is 9.85. The van der Waals surface area contributed by atoms with Crippen LogP contribution in [-0.2, 0) is 4.79 Å². The molecule has 1 aliphatic rings. The third kappa shape index (κ3) is 2.89. The molecule has 2 atom stereocenters. The highest BCUT2D eigenvalue weighted by atomic mass is 79.9. The molecule has 86 valence electrons. The summed E-state index contributed by atoms with van der Waals surface area (Å²) in [5, 5.41) is 0. The van der Waals surface area contributed by atoms with E-state index in [2.05, 4.69) is 28.1 Å². The van der Waals surface area contributed by atoms with Crippen molar-refractivity contribution in [2.24, 2.45) is 5.92 Å². The SMILES string of the molecule is O=CC(c1ccc(Br)cc1)C1CCCSC1. The summed E-state index contributed by atoms with van der Waals surface area (Å²) >= 11 is 5.40. The van der Waals surface area contributed by atoms with Crippen molar-refractivity contribution in [1.29, 1.82) is 0 Å². The first-order valence-corrected chi connectivity index (χ1v) is 7.54. The van der Waals surface area contributed by atoms with E-state index in [1.54, 1.807) is 0 Å². The van der Waals surface area contributed by atoms with Crippen molar-refractivity contribution in [1.82, 2.24) is 0 Å². The largest absolute Gasteiger partial charge is 0.303 e. The minimum atomic E-state index is 0.0842. The highest BCUT2D eigenvalue weighted by Gasteiger charge is 2.24. The monoisotopic (exact) mass is 298 g/mol. The van der Waals surface area contributed by atoms with E-state index >= 15 is 0 Å². The summed E-state index contributed by atoms with van der Waals surface area (Å²) in [6.07, 6.45) is 3.56. The summed E-state index contributed by atoms with van der Waals surface area (Å²) in [6.45, 7) is 0. The van der Waals surface area contributed by atoms with Crippen LogP contribution in [0.5, 0.6) is 0 Å². The fourth-order valence-corrected chi connectivity index (χ4v) is 3.67. The normalized spacial score (nSPS) is 22.7. The van der Waals surface area contributed by atoms with E-state index in [9.17, 15) is 4.79 Å². The maximum absolute atomic E-state index is 11.3. The Bertz CT molecular complexity index is 343. The van der Waals surface area contributed by atoms with Crippen LogP contribution in [0.25, 0.3) is 0 Å². The molecular weight excluding hydrogens is 284 g/mol. The van der Waals surface area contributed by atoms with Crippen LogP contribution in [0.2, 0.25) is 0 Å². The first-order valence-electron chi connectivity index (χ1n) is 5.60. The first kappa shape index (κ1) is 12.2. The van der Waals surface area contributed by atoms with E-state index in [0.717, 1.165) is 22.1 Å². The van der Waals surface area contributed by atoms with Gasteiger partial charge in [0.05, 0.1) is 0 Å². The molecule has 1 nitrogen and oxygen atoms in total. The van der Waals surface area contributed by atoms with Crippen LogP contribution < -0.4 is 0 Å². The van der Waals surface area contributed by atoms with Gasteiger partial charge in [0.15, 0.2) is 0 Å². The van der Waals surface area contributed by atoms with Crippen LogP contribution in [0.3, 0.4) is 0 Å². The summed E-state index contributed by atoms with van der Waals surface area (Å²) in [6, 6.07) is 8.15. The van der Waals surface area contributed by atoms with Gasteiger partial charge in [-0.05, 0) is 48.0 Å². The average Bonchev–Trinajstić information content (AvgIpc) is 2.34. The van der Waals surface area contributed by atoms with Gasteiger partial charge in [-0.25, -0.2) is 0 Å². The zero-order valence-corrected chi connectivity index (χ0v) is 11.5. The number of aldehydes is 1. The fourth-order valence-electron chi connectivity index (χ4n) is 2.20. The molecule has 3 heteroatoms. The number of hydrogen-bond donors (Lipinski definition) is 0. The Hall–Kier alpha value is -0.280. The fraction of sp³-hybridized carbons (Fsp3) is 0.462. The molecule has 2 unspecified atom stereocenters. The number of benzene rings is 1. The van der Waals surface area contributed by atoms with Crippen molar-refractivity contribution in [3.63, 3.8) is 0 Å². The van der Waals surface area contributed by atoms with E-state index in [4.69, 9.17) is 0 Å². The minimum Gasteiger partial charge on any atom is -0.303 e. The Morgan fingerprint density at radius 1 is 1.38 bits per heavy atom. The van der Waals surface area contributed by atoms with E-state index in [-0.39, 0.29) is 5.92 Å². The van der Waals surface area contributed by atoms with Gasteiger partial charge in [0, 0.05) is 10.4 Å². The second-order valence-electron chi connectivity index (χ2n) is 4.19. The van der Waals surface area contributed by atoms with Crippen LogP contribution in [0, 0.1) is 5.92 Å². The quantitative estimate of drug-likeness (QED) is 0.788. The zero-order valence-electron chi connectivity index (χ0n) is 9.06. The number of rotatable bonds is 3. The lowest BCUT2D eigenvalue weighted by Gasteiger charge is -2.26. The average molecular weight is 299 g/mol. The van der Waals surface area contributed by atoms with Gasteiger partial charge in [0.2, 0.25) is 0 Å². The van der Waals surface area contributed by atoms with E-state index in [1.165, 1.54) is 18.6 Å². The summed E-state index contributed by atoms with van der Waals surface area (Å²) in [4.78, 5) is 11.3. The molecule has 0 aromatic heterocycles. The van der Waals surface area contributed by atoms with Gasteiger partial charge < -0.3 is 4.79 Å². The molecule has 1 aromatic carbocycles. The Morgan fingerprint density at radius 2 is 2.12 bits per heavy atom. The summed E-state index contributed by atoms with van der Waals surface area (Å²) in [5.74, 6) is 2.99. The van der Waals surface area contributed by atoms with Crippen LogP contribution in [0.15, 0.2) is 28.7 Å². The summed E-state index contributed by atoms with van der Waals surface area (Å²) < 4.78 is 1.07. The maximum Gasteiger partial charge on any atom is 0.127 e. The number of hydrogen-bond acceptors (Lipinski definition) is 2. The van der Waals surface area contributed by atoms with Gasteiger partial charge in [0.25, 0.3) is 0 Å². The smallest absolute Gasteiger partial charge is 0.127 e. The number of thioether (sulfide) groups is 1. The number of halogens is 1. The van der Waals surface area contributed by atoms with Crippen molar-refractivity contribution in [2.45, 2.75) is 18.8 Å². The minimum absolute atomic E-state index is 0.0842. The molecule has 1 heterocycles. The van der Waals surface area contributed by atoms with Crippen LogP contribution in [-0.4, -0.2) is 17.8 Å². The number of carbonyl (C=O) groups excluding carboxylic acids is 1. The van der Waals surface area contributed by atoms with Gasteiger partial charge in [-0.15, -0.1) is 0 Å². The lowest BCUT2D eigenvalue weighted by molar-refractivity contribution is -0.110. The molecule has 1 fully saturated rings. The molecule has 1 aliphatic heterocycles. The molecule has 0 N–H and O–H groups in total. The predicted octanol–water partition coefficient (Wildman–Crippen LogP) is 3.87. The second kappa shape index (κ2) is 5.87.